The van der Waals surface area contributed by atoms with E-state index in [0.717, 1.165) is 4.90 Å². The number of aliphatic hydroxyl groups is 1. The summed E-state index contributed by atoms with van der Waals surface area (Å²) in [6.45, 7) is 10.9. The van der Waals surface area contributed by atoms with E-state index >= 15 is 0 Å². The van der Waals surface area contributed by atoms with E-state index in [0.29, 0.717) is 35.4 Å². The van der Waals surface area contributed by atoms with Gasteiger partial charge in [0.05, 0.1) is 12.7 Å². The Hall–Kier alpha value is -4.52. The van der Waals surface area contributed by atoms with Crippen LogP contribution in [-0.2, 0) is 22.4 Å². The van der Waals surface area contributed by atoms with Crippen molar-refractivity contribution in [1.82, 2.24) is 10.2 Å². The van der Waals surface area contributed by atoms with Gasteiger partial charge in [0.1, 0.15) is 17.0 Å². The molecule has 1 heterocycles. The number of carbonyl (C=O) groups excluding carboxylic acids is 2. The Kier molecular flexibility index (Phi) is 13.4. The fourth-order valence-electron chi connectivity index (χ4n) is 5.62. The SMILES string of the molecule is C/C=C/c1cc(C(O)(C(F)(F)F)C(F)(F)F)cc(Cc2ccccc2)c1OCCCCN1C(=O)NC(C)(c2ccc(OC(C)C)cc2)C1=O.CC. The fourth-order valence-corrected chi connectivity index (χ4v) is 5.62. The van der Waals surface area contributed by atoms with Gasteiger partial charge in [-0.15, -0.1) is 0 Å². The smallest absolute Gasteiger partial charge is 0.430 e. The lowest BCUT2D eigenvalue weighted by Crippen LogP contribution is -2.54. The van der Waals surface area contributed by atoms with Crippen LogP contribution < -0.4 is 14.8 Å². The number of nitrogens with zero attached hydrogens (tertiary/aromatic N) is 1. The second kappa shape index (κ2) is 16.7. The average molecular weight is 723 g/mol. The van der Waals surface area contributed by atoms with Gasteiger partial charge >= 0.3 is 18.4 Å². The lowest BCUT2D eigenvalue weighted by Gasteiger charge is -2.33. The van der Waals surface area contributed by atoms with Gasteiger partial charge in [0.2, 0.25) is 0 Å². The highest BCUT2D eigenvalue weighted by Crippen LogP contribution is 2.51. The summed E-state index contributed by atoms with van der Waals surface area (Å²) in [6.07, 6.45) is -8.95. The van der Waals surface area contributed by atoms with Gasteiger partial charge in [0.25, 0.3) is 11.5 Å². The van der Waals surface area contributed by atoms with Crippen molar-refractivity contribution in [1.29, 1.82) is 0 Å². The van der Waals surface area contributed by atoms with Crippen LogP contribution in [0.15, 0.2) is 72.8 Å². The molecule has 1 aliphatic heterocycles. The van der Waals surface area contributed by atoms with E-state index in [1.54, 1.807) is 61.5 Å². The number of halogens is 6. The molecule has 3 amide bonds. The molecule has 1 fully saturated rings. The molecule has 0 radical (unpaired) electrons. The summed E-state index contributed by atoms with van der Waals surface area (Å²) in [6, 6.07) is 15.9. The third kappa shape index (κ3) is 9.05. The van der Waals surface area contributed by atoms with E-state index in [4.69, 9.17) is 9.47 Å². The number of imide groups is 1. The van der Waals surface area contributed by atoms with Crippen LogP contribution in [-0.4, -0.2) is 53.6 Å². The number of allylic oxidation sites excluding steroid dienone is 1. The molecule has 0 spiro atoms. The molecule has 0 saturated carbocycles. The zero-order valence-corrected chi connectivity index (χ0v) is 29.4. The van der Waals surface area contributed by atoms with E-state index in [9.17, 15) is 41.0 Å². The molecular formula is C38H44F6N2O5. The van der Waals surface area contributed by atoms with Crippen LogP contribution in [0, 0.1) is 0 Å². The molecule has 0 bridgehead atoms. The van der Waals surface area contributed by atoms with Crippen molar-refractivity contribution in [2.24, 2.45) is 0 Å². The summed E-state index contributed by atoms with van der Waals surface area (Å²) in [5.41, 5.74) is -6.74. The van der Waals surface area contributed by atoms with Crippen molar-refractivity contribution >= 4 is 18.0 Å². The zero-order chi connectivity index (χ0) is 38.2. The Labute approximate surface area is 294 Å². The number of urea groups is 1. The summed E-state index contributed by atoms with van der Waals surface area (Å²) < 4.78 is 94.8. The lowest BCUT2D eigenvalue weighted by atomic mass is 9.87. The van der Waals surface area contributed by atoms with Crippen LogP contribution in [0.2, 0.25) is 0 Å². The van der Waals surface area contributed by atoms with Gasteiger partial charge in [-0.1, -0.05) is 68.5 Å². The maximum absolute atomic E-state index is 13.9. The first-order valence-corrected chi connectivity index (χ1v) is 16.7. The first kappa shape index (κ1) is 40.9. The molecule has 1 aliphatic rings. The van der Waals surface area contributed by atoms with Crippen LogP contribution in [0.5, 0.6) is 11.5 Å². The molecule has 1 saturated heterocycles. The number of hydrogen-bond donors (Lipinski definition) is 2. The second-order valence-corrected chi connectivity index (χ2v) is 12.2. The molecule has 278 valence electrons. The van der Waals surface area contributed by atoms with Crippen molar-refractivity contribution in [2.45, 2.75) is 90.4 Å². The van der Waals surface area contributed by atoms with Gasteiger partial charge in [-0.25, -0.2) is 4.79 Å². The third-order valence-corrected chi connectivity index (χ3v) is 8.12. The number of hydrogen-bond acceptors (Lipinski definition) is 5. The van der Waals surface area contributed by atoms with Gasteiger partial charge < -0.3 is 19.9 Å². The summed E-state index contributed by atoms with van der Waals surface area (Å²) in [7, 11) is 0. The Morgan fingerprint density at radius 2 is 1.53 bits per heavy atom. The van der Waals surface area contributed by atoms with Gasteiger partial charge in [-0.05, 0) is 81.5 Å². The van der Waals surface area contributed by atoms with Crippen molar-refractivity contribution in [2.75, 3.05) is 13.2 Å². The van der Waals surface area contributed by atoms with Crippen LogP contribution in [0.25, 0.3) is 6.08 Å². The number of unbranched alkanes of at least 4 members (excludes halogenated alkanes) is 1. The molecule has 7 nitrogen and oxygen atoms in total. The normalized spacial score (nSPS) is 16.7. The number of nitrogens with one attached hydrogen (secondary N) is 1. The first-order chi connectivity index (χ1) is 23.9. The Morgan fingerprint density at radius 3 is 2.08 bits per heavy atom. The molecule has 1 unspecified atom stereocenters. The molecule has 13 heteroatoms. The van der Waals surface area contributed by atoms with E-state index in [2.05, 4.69) is 5.32 Å². The lowest BCUT2D eigenvalue weighted by molar-refractivity contribution is -0.376. The summed E-state index contributed by atoms with van der Waals surface area (Å²) >= 11 is 0. The molecule has 0 aromatic heterocycles. The predicted molar refractivity (Wildman–Crippen MR) is 182 cm³/mol. The van der Waals surface area contributed by atoms with Crippen LogP contribution in [0.3, 0.4) is 0 Å². The first-order valence-electron chi connectivity index (χ1n) is 16.7. The quantitative estimate of drug-likeness (QED) is 0.104. The molecule has 2 N–H and O–H groups in total. The Balaban J connectivity index is 0.00000345. The summed E-state index contributed by atoms with van der Waals surface area (Å²) in [5.74, 6) is 0.213. The molecule has 4 rings (SSSR count). The monoisotopic (exact) mass is 722 g/mol. The van der Waals surface area contributed by atoms with Crippen molar-refractivity contribution < 1.29 is 50.5 Å². The number of amides is 3. The van der Waals surface area contributed by atoms with Crippen molar-refractivity contribution in [3.8, 4) is 11.5 Å². The highest BCUT2D eigenvalue weighted by molar-refractivity contribution is 6.07. The third-order valence-electron chi connectivity index (χ3n) is 8.12. The van der Waals surface area contributed by atoms with Crippen molar-refractivity contribution in [3.05, 3.63) is 101 Å². The van der Waals surface area contributed by atoms with E-state index < -0.39 is 41.0 Å². The van der Waals surface area contributed by atoms with E-state index in [1.165, 1.54) is 19.1 Å². The Bertz CT molecular complexity index is 1640. The number of ether oxygens (including phenoxy) is 2. The van der Waals surface area contributed by atoms with Gasteiger partial charge in [0.15, 0.2) is 0 Å². The molecule has 1 atom stereocenters. The minimum atomic E-state index is -6.06. The Morgan fingerprint density at radius 1 is 0.922 bits per heavy atom. The van der Waals surface area contributed by atoms with Crippen LogP contribution in [0.4, 0.5) is 31.1 Å². The topological polar surface area (TPSA) is 88.1 Å². The standard InChI is InChI=1S/C36H38F6N2O5.C2H6/c1-5-11-25-21-28(34(47,35(37,38)39)36(40,41)42)22-26(20-24-12-7-6-8-13-24)30(25)48-19-10-9-18-44-31(45)33(4,43-32(44)46)27-14-16-29(17-15-27)49-23(2)3;1-2/h5-8,11-17,21-23,47H,9-10,18-20H2,1-4H3,(H,43,46);1-2H3/b11-5+;. The number of rotatable bonds is 13. The molecule has 3 aromatic carbocycles. The van der Waals surface area contributed by atoms with Gasteiger partial charge in [0, 0.05) is 24.1 Å². The molecule has 0 aliphatic carbocycles. The van der Waals surface area contributed by atoms with E-state index in [1.807, 2.05) is 27.7 Å². The number of alkyl halides is 6. The molecular weight excluding hydrogens is 678 g/mol. The highest BCUT2D eigenvalue weighted by Gasteiger charge is 2.71. The van der Waals surface area contributed by atoms with E-state index in [-0.39, 0.29) is 49.0 Å². The number of benzene rings is 3. The number of carbonyl (C=O) groups is 2. The van der Waals surface area contributed by atoms with Gasteiger partial charge in [-0.2, -0.15) is 26.3 Å². The summed E-state index contributed by atoms with van der Waals surface area (Å²) in [5, 5.41) is 12.9. The molecule has 3 aromatic rings. The largest absolute Gasteiger partial charge is 0.493 e. The van der Waals surface area contributed by atoms with Crippen LogP contribution >= 0.6 is 0 Å². The van der Waals surface area contributed by atoms with Crippen LogP contribution in [0.1, 0.15) is 82.2 Å². The highest BCUT2D eigenvalue weighted by atomic mass is 19.4. The van der Waals surface area contributed by atoms with Gasteiger partial charge in [-0.3, -0.25) is 9.69 Å². The minimum Gasteiger partial charge on any atom is -0.493 e. The average Bonchev–Trinajstić information content (AvgIpc) is 3.29. The maximum Gasteiger partial charge on any atom is 0.430 e. The zero-order valence-electron chi connectivity index (χ0n) is 29.4. The minimum absolute atomic E-state index is 0.00148. The molecule has 51 heavy (non-hydrogen) atoms. The predicted octanol–water partition coefficient (Wildman–Crippen LogP) is 9.06. The summed E-state index contributed by atoms with van der Waals surface area (Å²) in [4.78, 5) is 27.3. The fraction of sp³-hybridized carbons (Fsp3) is 0.421. The second-order valence-electron chi connectivity index (χ2n) is 12.2. The maximum atomic E-state index is 13.9. The van der Waals surface area contributed by atoms with Crippen molar-refractivity contribution in [3.63, 3.8) is 0 Å².